The SMILES string of the molecule is COC(=O)Cc1ccc(CC2CCN(Cc3cccc(OCCO)c3)C2)cc1. The van der Waals surface area contributed by atoms with Crippen molar-refractivity contribution in [3.8, 4) is 5.75 Å². The Morgan fingerprint density at radius 1 is 1.14 bits per heavy atom. The van der Waals surface area contributed by atoms with Crippen LogP contribution in [0.5, 0.6) is 5.75 Å². The lowest BCUT2D eigenvalue weighted by molar-refractivity contribution is -0.139. The second-order valence-electron chi connectivity index (χ2n) is 7.38. The monoisotopic (exact) mass is 383 g/mol. The van der Waals surface area contributed by atoms with Crippen molar-refractivity contribution in [2.24, 2.45) is 5.92 Å². The lowest BCUT2D eigenvalue weighted by Gasteiger charge is -2.17. The molecular weight excluding hydrogens is 354 g/mol. The predicted molar refractivity (Wildman–Crippen MR) is 108 cm³/mol. The van der Waals surface area contributed by atoms with Crippen LogP contribution < -0.4 is 4.74 Å². The standard InChI is InChI=1S/C23H29NO4/c1-27-23(26)15-19-7-5-18(6-8-19)13-21-9-10-24(17-21)16-20-3-2-4-22(14-20)28-12-11-25/h2-8,14,21,25H,9-13,15-17H2,1H3. The van der Waals surface area contributed by atoms with Gasteiger partial charge in [-0.15, -0.1) is 0 Å². The first-order valence-electron chi connectivity index (χ1n) is 9.86. The number of carbonyl (C=O) groups excluding carboxylic acids is 1. The van der Waals surface area contributed by atoms with Crippen LogP contribution in [0.4, 0.5) is 0 Å². The molecule has 1 unspecified atom stereocenters. The van der Waals surface area contributed by atoms with Crippen molar-refractivity contribution in [2.75, 3.05) is 33.4 Å². The molecule has 3 rings (SSSR count). The molecule has 1 N–H and O–H groups in total. The zero-order valence-corrected chi connectivity index (χ0v) is 16.5. The zero-order valence-electron chi connectivity index (χ0n) is 16.5. The van der Waals surface area contributed by atoms with Crippen LogP contribution in [-0.2, 0) is 28.9 Å². The highest BCUT2D eigenvalue weighted by Crippen LogP contribution is 2.24. The van der Waals surface area contributed by atoms with Gasteiger partial charge in [0.1, 0.15) is 12.4 Å². The third-order valence-corrected chi connectivity index (χ3v) is 5.16. The van der Waals surface area contributed by atoms with E-state index in [1.807, 2.05) is 24.3 Å². The van der Waals surface area contributed by atoms with Gasteiger partial charge in [0.25, 0.3) is 0 Å². The number of rotatable bonds is 9. The summed E-state index contributed by atoms with van der Waals surface area (Å²) in [5.74, 6) is 1.26. The maximum Gasteiger partial charge on any atom is 0.309 e. The lowest BCUT2D eigenvalue weighted by atomic mass is 9.97. The molecule has 1 aliphatic rings. The van der Waals surface area contributed by atoms with Gasteiger partial charge in [-0.2, -0.15) is 0 Å². The van der Waals surface area contributed by atoms with E-state index in [1.165, 1.54) is 24.7 Å². The first kappa shape index (κ1) is 20.4. The summed E-state index contributed by atoms with van der Waals surface area (Å²) < 4.78 is 10.2. The molecule has 0 aromatic heterocycles. The molecule has 1 saturated heterocycles. The molecular formula is C23H29NO4. The fourth-order valence-corrected chi connectivity index (χ4v) is 3.74. The Morgan fingerprint density at radius 2 is 1.93 bits per heavy atom. The minimum atomic E-state index is -0.204. The molecule has 1 atom stereocenters. The number of benzene rings is 2. The molecule has 1 fully saturated rings. The van der Waals surface area contributed by atoms with E-state index in [0.29, 0.717) is 18.9 Å². The lowest BCUT2D eigenvalue weighted by Crippen LogP contribution is -2.20. The smallest absolute Gasteiger partial charge is 0.309 e. The molecule has 0 spiro atoms. The summed E-state index contributed by atoms with van der Waals surface area (Å²) in [6.45, 7) is 3.47. The van der Waals surface area contributed by atoms with Crippen molar-refractivity contribution in [2.45, 2.75) is 25.8 Å². The van der Waals surface area contributed by atoms with Gasteiger partial charge in [-0.25, -0.2) is 0 Å². The number of esters is 1. The van der Waals surface area contributed by atoms with Gasteiger partial charge in [-0.3, -0.25) is 9.69 Å². The number of ether oxygens (including phenoxy) is 2. The average molecular weight is 383 g/mol. The van der Waals surface area contributed by atoms with E-state index in [2.05, 4.69) is 29.2 Å². The summed E-state index contributed by atoms with van der Waals surface area (Å²) in [7, 11) is 1.42. The van der Waals surface area contributed by atoms with Gasteiger partial charge in [-0.1, -0.05) is 36.4 Å². The van der Waals surface area contributed by atoms with E-state index in [0.717, 1.165) is 37.4 Å². The van der Waals surface area contributed by atoms with Crippen LogP contribution in [0.15, 0.2) is 48.5 Å². The van der Waals surface area contributed by atoms with E-state index in [9.17, 15) is 4.79 Å². The number of carbonyl (C=O) groups is 1. The summed E-state index contributed by atoms with van der Waals surface area (Å²) >= 11 is 0. The quantitative estimate of drug-likeness (QED) is 0.675. The van der Waals surface area contributed by atoms with E-state index < -0.39 is 0 Å². The number of likely N-dealkylation sites (tertiary alicyclic amines) is 1. The fourth-order valence-electron chi connectivity index (χ4n) is 3.74. The van der Waals surface area contributed by atoms with E-state index in [1.54, 1.807) is 0 Å². The van der Waals surface area contributed by atoms with Crippen molar-refractivity contribution in [3.05, 3.63) is 65.2 Å². The first-order chi connectivity index (χ1) is 13.7. The van der Waals surface area contributed by atoms with Gasteiger partial charge in [-0.05, 0) is 54.1 Å². The van der Waals surface area contributed by atoms with Crippen molar-refractivity contribution in [1.29, 1.82) is 0 Å². The van der Waals surface area contributed by atoms with Crippen LogP contribution in [0.3, 0.4) is 0 Å². The molecule has 0 amide bonds. The third-order valence-electron chi connectivity index (χ3n) is 5.16. The maximum absolute atomic E-state index is 11.4. The Morgan fingerprint density at radius 3 is 2.68 bits per heavy atom. The second kappa shape index (κ2) is 10.2. The summed E-state index contributed by atoms with van der Waals surface area (Å²) in [6.07, 6.45) is 2.59. The molecule has 5 nitrogen and oxygen atoms in total. The van der Waals surface area contributed by atoms with Gasteiger partial charge in [0.2, 0.25) is 0 Å². The Balaban J connectivity index is 1.48. The van der Waals surface area contributed by atoms with Gasteiger partial charge in [0, 0.05) is 13.1 Å². The van der Waals surface area contributed by atoms with Crippen molar-refractivity contribution in [3.63, 3.8) is 0 Å². The number of hydrogen-bond acceptors (Lipinski definition) is 5. The van der Waals surface area contributed by atoms with Gasteiger partial charge in [0.05, 0.1) is 20.1 Å². The second-order valence-corrected chi connectivity index (χ2v) is 7.38. The molecule has 0 bridgehead atoms. The Hall–Kier alpha value is -2.37. The summed E-state index contributed by atoms with van der Waals surface area (Å²) in [4.78, 5) is 13.8. The minimum Gasteiger partial charge on any atom is -0.491 e. The molecule has 2 aromatic rings. The van der Waals surface area contributed by atoms with Crippen LogP contribution in [0, 0.1) is 5.92 Å². The van der Waals surface area contributed by atoms with Crippen molar-refractivity contribution in [1.82, 2.24) is 4.90 Å². The maximum atomic E-state index is 11.4. The van der Waals surface area contributed by atoms with Crippen LogP contribution in [-0.4, -0.2) is 49.4 Å². The van der Waals surface area contributed by atoms with Crippen molar-refractivity contribution >= 4 is 5.97 Å². The molecule has 0 radical (unpaired) electrons. The Kier molecular flexibility index (Phi) is 7.46. The number of methoxy groups -OCH3 is 1. The normalized spacial score (nSPS) is 16.9. The molecule has 2 aromatic carbocycles. The predicted octanol–water partition coefficient (Wildman–Crippen LogP) is 2.84. The summed E-state index contributed by atoms with van der Waals surface area (Å²) in [5, 5.41) is 8.89. The molecule has 0 aliphatic carbocycles. The minimum absolute atomic E-state index is 0.0295. The van der Waals surface area contributed by atoms with Gasteiger partial charge >= 0.3 is 5.97 Å². The molecule has 150 valence electrons. The average Bonchev–Trinajstić information content (AvgIpc) is 3.14. The first-order valence-corrected chi connectivity index (χ1v) is 9.86. The number of aliphatic hydroxyl groups excluding tert-OH is 1. The highest BCUT2D eigenvalue weighted by molar-refractivity contribution is 5.72. The van der Waals surface area contributed by atoms with Gasteiger partial charge < -0.3 is 14.6 Å². The van der Waals surface area contributed by atoms with Crippen LogP contribution >= 0.6 is 0 Å². The van der Waals surface area contributed by atoms with Crippen LogP contribution in [0.2, 0.25) is 0 Å². The topological polar surface area (TPSA) is 59.0 Å². The zero-order chi connectivity index (χ0) is 19.8. The summed E-state index contributed by atoms with van der Waals surface area (Å²) in [5.41, 5.74) is 3.55. The largest absolute Gasteiger partial charge is 0.491 e. The Bertz CT molecular complexity index is 759. The number of aliphatic hydroxyl groups is 1. The fraction of sp³-hybridized carbons (Fsp3) is 0.435. The van der Waals surface area contributed by atoms with E-state index in [-0.39, 0.29) is 12.6 Å². The molecule has 28 heavy (non-hydrogen) atoms. The molecule has 5 heteroatoms. The van der Waals surface area contributed by atoms with Gasteiger partial charge in [0.15, 0.2) is 0 Å². The van der Waals surface area contributed by atoms with Crippen LogP contribution in [0.25, 0.3) is 0 Å². The number of hydrogen-bond donors (Lipinski definition) is 1. The third kappa shape index (κ3) is 6.08. The van der Waals surface area contributed by atoms with E-state index >= 15 is 0 Å². The molecule has 1 heterocycles. The molecule has 0 saturated carbocycles. The highest BCUT2D eigenvalue weighted by atomic mass is 16.5. The number of nitrogens with zero attached hydrogens (tertiary/aromatic N) is 1. The molecule has 1 aliphatic heterocycles. The Labute approximate surface area is 166 Å². The van der Waals surface area contributed by atoms with E-state index in [4.69, 9.17) is 14.6 Å². The summed E-state index contributed by atoms with van der Waals surface area (Å²) in [6, 6.07) is 16.4. The highest BCUT2D eigenvalue weighted by Gasteiger charge is 2.22. The van der Waals surface area contributed by atoms with Crippen LogP contribution in [0.1, 0.15) is 23.1 Å². The van der Waals surface area contributed by atoms with Crippen molar-refractivity contribution < 1.29 is 19.4 Å².